The van der Waals surface area contributed by atoms with E-state index in [1.165, 1.54) is 0 Å². The molecule has 1 fully saturated rings. The lowest BCUT2D eigenvalue weighted by atomic mass is 10.1. The lowest BCUT2D eigenvalue weighted by Crippen LogP contribution is -2.35. The van der Waals surface area contributed by atoms with Crippen LogP contribution in [0, 0.1) is 6.92 Å². The van der Waals surface area contributed by atoms with Crippen molar-refractivity contribution in [3.8, 4) is 11.3 Å². The number of nitrogens with zero attached hydrogens (tertiary/aromatic N) is 1. The van der Waals surface area contributed by atoms with Gasteiger partial charge in [-0.1, -0.05) is 12.1 Å². The molecule has 1 aliphatic rings. The Labute approximate surface area is 117 Å². The van der Waals surface area contributed by atoms with Crippen molar-refractivity contribution in [2.75, 3.05) is 11.9 Å². The fourth-order valence-electron chi connectivity index (χ4n) is 2.36. The smallest absolute Gasteiger partial charge is 0.241 e. The van der Waals surface area contributed by atoms with Crippen LogP contribution in [0.2, 0.25) is 0 Å². The molecule has 3 rings (SSSR count). The third-order valence-corrected chi connectivity index (χ3v) is 3.44. The summed E-state index contributed by atoms with van der Waals surface area (Å²) in [5.41, 5.74) is 2.57. The summed E-state index contributed by atoms with van der Waals surface area (Å²) in [6.45, 7) is 2.73. The number of nitrogens with one attached hydrogen (secondary N) is 2. The number of oxazole rings is 1. The lowest BCUT2D eigenvalue weighted by Gasteiger charge is -2.11. The number of anilines is 1. The second kappa shape index (κ2) is 5.46. The van der Waals surface area contributed by atoms with Crippen LogP contribution in [0.25, 0.3) is 11.3 Å². The van der Waals surface area contributed by atoms with Gasteiger partial charge in [0.25, 0.3) is 0 Å². The third-order valence-electron chi connectivity index (χ3n) is 3.44. The number of amides is 1. The molecule has 5 heteroatoms. The SMILES string of the molecule is Cc1nc(-c2ccc(NC(=O)[C@@H]3CCCN3)cc2)co1. The van der Waals surface area contributed by atoms with E-state index < -0.39 is 0 Å². The highest BCUT2D eigenvalue weighted by atomic mass is 16.3. The maximum absolute atomic E-state index is 12.0. The van der Waals surface area contributed by atoms with E-state index >= 15 is 0 Å². The number of rotatable bonds is 3. The first-order valence-electron chi connectivity index (χ1n) is 6.79. The normalized spacial score (nSPS) is 18.1. The summed E-state index contributed by atoms with van der Waals surface area (Å²) in [7, 11) is 0. The number of carbonyl (C=O) groups is 1. The van der Waals surface area contributed by atoms with E-state index in [2.05, 4.69) is 15.6 Å². The molecule has 0 bridgehead atoms. The molecule has 0 saturated carbocycles. The van der Waals surface area contributed by atoms with Gasteiger partial charge in [0.2, 0.25) is 5.91 Å². The van der Waals surface area contributed by atoms with Crippen LogP contribution in [-0.4, -0.2) is 23.5 Å². The minimum atomic E-state index is -0.0622. The molecular formula is C15H17N3O2. The highest BCUT2D eigenvalue weighted by molar-refractivity contribution is 5.95. The molecule has 20 heavy (non-hydrogen) atoms. The van der Waals surface area contributed by atoms with Crippen LogP contribution < -0.4 is 10.6 Å². The number of aromatic nitrogens is 1. The van der Waals surface area contributed by atoms with Crippen molar-refractivity contribution in [2.24, 2.45) is 0 Å². The van der Waals surface area contributed by atoms with E-state index in [0.29, 0.717) is 5.89 Å². The quantitative estimate of drug-likeness (QED) is 0.899. The number of aryl methyl sites for hydroxylation is 1. The van der Waals surface area contributed by atoms with Crippen LogP contribution in [-0.2, 0) is 4.79 Å². The average molecular weight is 271 g/mol. The molecule has 5 nitrogen and oxygen atoms in total. The Hall–Kier alpha value is -2.14. The van der Waals surface area contributed by atoms with Crippen molar-refractivity contribution in [3.05, 3.63) is 36.4 Å². The second-order valence-corrected chi connectivity index (χ2v) is 4.97. The lowest BCUT2D eigenvalue weighted by molar-refractivity contribution is -0.117. The van der Waals surface area contributed by atoms with E-state index in [1.54, 1.807) is 6.26 Å². The number of benzene rings is 1. The summed E-state index contributed by atoms with van der Waals surface area (Å²) >= 11 is 0. The molecule has 1 aromatic heterocycles. The molecule has 1 aliphatic heterocycles. The minimum absolute atomic E-state index is 0.0348. The maximum Gasteiger partial charge on any atom is 0.241 e. The Bertz CT molecular complexity index is 598. The van der Waals surface area contributed by atoms with Gasteiger partial charge in [-0.2, -0.15) is 0 Å². The Morgan fingerprint density at radius 2 is 2.20 bits per heavy atom. The zero-order valence-corrected chi connectivity index (χ0v) is 11.3. The second-order valence-electron chi connectivity index (χ2n) is 4.97. The van der Waals surface area contributed by atoms with Crippen molar-refractivity contribution in [1.29, 1.82) is 0 Å². The number of hydrogen-bond donors (Lipinski definition) is 2. The molecule has 104 valence electrons. The van der Waals surface area contributed by atoms with Crippen molar-refractivity contribution >= 4 is 11.6 Å². The Morgan fingerprint density at radius 1 is 1.40 bits per heavy atom. The summed E-state index contributed by atoms with van der Waals surface area (Å²) in [4.78, 5) is 16.2. The van der Waals surface area contributed by atoms with Crippen LogP contribution in [0.4, 0.5) is 5.69 Å². The Kier molecular flexibility index (Phi) is 3.52. The van der Waals surface area contributed by atoms with Gasteiger partial charge in [0.1, 0.15) is 12.0 Å². The first kappa shape index (κ1) is 12.9. The predicted molar refractivity (Wildman–Crippen MR) is 76.3 cm³/mol. The Balaban J connectivity index is 1.68. The van der Waals surface area contributed by atoms with Crippen molar-refractivity contribution in [3.63, 3.8) is 0 Å². The van der Waals surface area contributed by atoms with E-state index in [9.17, 15) is 4.79 Å². The first-order valence-corrected chi connectivity index (χ1v) is 6.79. The molecule has 2 aromatic rings. The van der Waals surface area contributed by atoms with Crippen LogP contribution in [0.3, 0.4) is 0 Å². The van der Waals surface area contributed by atoms with Gasteiger partial charge in [-0.25, -0.2) is 4.98 Å². The molecule has 1 aromatic carbocycles. The van der Waals surface area contributed by atoms with E-state index in [0.717, 1.165) is 36.3 Å². The van der Waals surface area contributed by atoms with Gasteiger partial charge < -0.3 is 15.1 Å². The minimum Gasteiger partial charge on any atom is -0.449 e. The molecule has 1 atom stereocenters. The Morgan fingerprint density at radius 3 is 2.80 bits per heavy atom. The maximum atomic E-state index is 12.0. The molecular weight excluding hydrogens is 254 g/mol. The van der Waals surface area contributed by atoms with Gasteiger partial charge in [-0.15, -0.1) is 0 Å². The van der Waals surface area contributed by atoms with E-state index in [-0.39, 0.29) is 11.9 Å². The highest BCUT2D eigenvalue weighted by Crippen LogP contribution is 2.21. The molecule has 0 unspecified atom stereocenters. The van der Waals surface area contributed by atoms with Crippen molar-refractivity contribution in [2.45, 2.75) is 25.8 Å². The number of hydrogen-bond acceptors (Lipinski definition) is 4. The molecule has 2 heterocycles. The molecule has 1 saturated heterocycles. The monoisotopic (exact) mass is 271 g/mol. The fraction of sp³-hybridized carbons (Fsp3) is 0.333. The highest BCUT2D eigenvalue weighted by Gasteiger charge is 2.21. The van der Waals surface area contributed by atoms with Crippen molar-refractivity contribution < 1.29 is 9.21 Å². The van der Waals surface area contributed by atoms with Gasteiger partial charge in [-0.05, 0) is 31.5 Å². The van der Waals surface area contributed by atoms with Crippen LogP contribution in [0.15, 0.2) is 34.9 Å². The topological polar surface area (TPSA) is 67.2 Å². The molecule has 2 N–H and O–H groups in total. The van der Waals surface area contributed by atoms with E-state index in [1.807, 2.05) is 31.2 Å². The average Bonchev–Trinajstić information content (AvgIpc) is 3.10. The third kappa shape index (κ3) is 2.72. The largest absolute Gasteiger partial charge is 0.449 e. The van der Waals surface area contributed by atoms with Crippen LogP contribution in [0.5, 0.6) is 0 Å². The van der Waals surface area contributed by atoms with Crippen LogP contribution >= 0.6 is 0 Å². The summed E-state index contributed by atoms with van der Waals surface area (Å²) < 4.78 is 5.19. The van der Waals surface area contributed by atoms with E-state index in [4.69, 9.17) is 4.42 Å². The molecule has 1 amide bonds. The van der Waals surface area contributed by atoms with Gasteiger partial charge in [0, 0.05) is 18.2 Å². The predicted octanol–water partition coefficient (Wildman–Crippen LogP) is 2.34. The zero-order valence-electron chi connectivity index (χ0n) is 11.3. The van der Waals surface area contributed by atoms with Gasteiger partial charge in [0.05, 0.1) is 6.04 Å². The van der Waals surface area contributed by atoms with Gasteiger partial charge in [0.15, 0.2) is 5.89 Å². The van der Waals surface area contributed by atoms with Gasteiger partial charge >= 0.3 is 0 Å². The fourth-order valence-corrected chi connectivity index (χ4v) is 2.36. The molecule has 0 aliphatic carbocycles. The molecule has 0 radical (unpaired) electrons. The van der Waals surface area contributed by atoms with Gasteiger partial charge in [-0.3, -0.25) is 4.79 Å². The summed E-state index contributed by atoms with van der Waals surface area (Å²) in [5, 5.41) is 6.10. The zero-order chi connectivity index (χ0) is 13.9. The summed E-state index contributed by atoms with van der Waals surface area (Å²) in [6, 6.07) is 7.55. The number of carbonyl (C=O) groups excluding carboxylic acids is 1. The summed E-state index contributed by atoms with van der Waals surface area (Å²) in [6.07, 6.45) is 3.59. The standard InChI is InChI=1S/C15H17N3O2/c1-10-17-14(9-20-10)11-4-6-12(7-5-11)18-15(19)13-3-2-8-16-13/h4-7,9,13,16H,2-3,8H2,1H3,(H,18,19)/t13-/m0/s1. The summed E-state index contributed by atoms with van der Waals surface area (Å²) in [5.74, 6) is 0.678. The first-order chi connectivity index (χ1) is 9.72. The molecule has 0 spiro atoms. The van der Waals surface area contributed by atoms with Crippen molar-refractivity contribution in [1.82, 2.24) is 10.3 Å². The van der Waals surface area contributed by atoms with Crippen LogP contribution in [0.1, 0.15) is 18.7 Å².